The Bertz CT molecular complexity index is 782. The normalized spacial score (nSPS) is 31.5. The molecule has 0 spiro atoms. The van der Waals surface area contributed by atoms with E-state index in [0.717, 1.165) is 21.1 Å². The SMILES string of the molecule is O=C(O)CC(C(=O)O)N1C(=O)C(C2C(=O)NC3C=CC(Br)=CC32)SC1=S. The summed E-state index contributed by atoms with van der Waals surface area (Å²) in [4.78, 5) is 48.5. The van der Waals surface area contributed by atoms with Gasteiger partial charge in [0.05, 0.1) is 18.4 Å². The number of thiocarbonyl (C=S) groups is 1. The van der Waals surface area contributed by atoms with E-state index < -0.39 is 41.5 Å². The number of aliphatic carboxylic acids is 2. The van der Waals surface area contributed by atoms with Gasteiger partial charge in [-0.1, -0.05) is 58.1 Å². The first-order valence-electron chi connectivity index (χ1n) is 7.55. The highest BCUT2D eigenvalue weighted by Gasteiger charge is 2.54. The minimum Gasteiger partial charge on any atom is -0.481 e. The molecule has 3 aliphatic rings. The van der Waals surface area contributed by atoms with Crippen LogP contribution in [0.2, 0.25) is 0 Å². The van der Waals surface area contributed by atoms with Crippen LogP contribution in [0.1, 0.15) is 6.42 Å². The first-order chi connectivity index (χ1) is 12.2. The molecule has 3 rings (SSSR count). The molecule has 0 aromatic heterocycles. The number of nitrogens with zero attached hydrogens (tertiary/aromatic N) is 1. The number of allylic oxidation sites excluding steroid dienone is 2. The average Bonchev–Trinajstić information content (AvgIpc) is 3.00. The predicted octanol–water partition coefficient (Wildman–Crippen LogP) is 0.723. The van der Waals surface area contributed by atoms with Gasteiger partial charge in [-0.05, 0) is 0 Å². The molecule has 2 heterocycles. The number of carboxylic acids is 2. The number of fused-ring (bicyclic) bond motifs is 1. The summed E-state index contributed by atoms with van der Waals surface area (Å²) in [5, 5.41) is 20.2. The molecule has 26 heavy (non-hydrogen) atoms. The monoisotopic (exact) mass is 460 g/mol. The van der Waals surface area contributed by atoms with Crippen molar-refractivity contribution in [1.82, 2.24) is 10.2 Å². The Morgan fingerprint density at radius 2 is 2.08 bits per heavy atom. The van der Waals surface area contributed by atoms with Crippen LogP contribution in [0.25, 0.3) is 0 Å². The van der Waals surface area contributed by atoms with Gasteiger partial charge < -0.3 is 15.5 Å². The molecule has 138 valence electrons. The largest absolute Gasteiger partial charge is 0.481 e. The van der Waals surface area contributed by atoms with Crippen LogP contribution >= 0.6 is 39.9 Å². The van der Waals surface area contributed by atoms with Crippen LogP contribution in [0.3, 0.4) is 0 Å². The first kappa shape index (κ1) is 19.1. The molecule has 5 unspecified atom stereocenters. The van der Waals surface area contributed by atoms with Crippen molar-refractivity contribution in [2.24, 2.45) is 11.8 Å². The van der Waals surface area contributed by atoms with Crippen molar-refractivity contribution < 1.29 is 29.4 Å². The maximum Gasteiger partial charge on any atom is 0.327 e. The van der Waals surface area contributed by atoms with E-state index in [-0.39, 0.29) is 22.2 Å². The lowest BCUT2D eigenvalue weighted by Crippen LogP contribution is -2.48. The van der Waals surface area contributed by atoms with E-state index >= 15 is 0 Å². The molecule has 8 nitrogen and oxygen atoms in total. The number of halogens is 1. The standard InChI is InChI=1S/C15H13BrN2O6S2/c16-5-1-2-7-6(3-5)10(12(21)17-7)11-13(22)18(15(25)26-11)8(14(23)24)4-9(19)20/h1-3,6-8,10-11H,4H2,(H,17,21)(H,19,20)(H,23,24). The maximum absolute atomic E-state index is 12.9. The Morgan fingerprint density at radius 1 is 1.38 bits per heavy atom. The zero-order valence-electron chi connectivity index (χ0n) is 13.0. The van der Waals surface area contributed by atoms with Crippen molar-refractivity contribution in [3.8, 4) is 0 Å². The molecule has 0 saturated carbocycles. The van der Waals surface area contributed by atoms with E-state index in [2.05, 4.69) is 21.2 Å². The summed E-state index contributed by atoms with van der Waals surface area (Å²) in [6, 6.07) is -1.85. The summed E-state index contributed by atoms with van der Waals surface area (Å²) < 4.78 is 0.753. The number of hydrogen-bond acceptors (Lipinski definition) is 6. The van der Waals surface area contributed by atoms with Crippen LogP contribution in [0.5, 0.6) is 0 Å². The van der Waals surface area contributed by atoms with E-state index in [0.29, 0.717) is 0 Å². The number of carbonyl (C=O) groups excluding carboxylic acids is 2. The van der Waals surface area contributed by atoms with Crippen LogP contribution in [0.15, 0.2) is 22.7 Å². The van der Waals surface area contributed by atoms with Gasteiger partial charge in [-0.3, -0.25) is 19.3 Å². The summed E-state index contributed by atoms with van der Waals surface area (Å²) in [5.74, 6) is -4.78. The fraction of sp³-hybridized carbons (Fsp3) is 0.400. The lowest BCUT2D eigenvalue weighted by atomic mass is 9.84. The van der Waals surface area contributed by atoms with Crippen LogP contribution in [-0.2, 0) is 19.2 Å². The Morgan fingerprint density at radius 3 is 2.69 bits per heavy atom. The summed E-state index contributed by atoms with van der Waals surface area (Å²) in [7, 11) is 0. The highest BCUT2D eigenvalue weighted by Crippen LogP contribution is 2.42. The quantitative estimate of drug-likeness (QED) is 0.512. The molecule has 0 aromatic carbocycles. The lowest BCUT2D eigenvalue weighted by Gasteiger charge is -2.25. The second kappa shape index (κ2) is 7.12. The molecule has 0 radical (unpaired) electrons. The van der Waals surface area contributed by atoms with Gasteiger partial charge in [0.1, 0.15) is 15.6 Å². The Kier molecular flexibility index (Phi) is 5.22. The van der Waals surface area contributed by atoms with Crippen molar-refractivity contribution in [3.05, 3.63) is 22.7 Å². The van der Waals surface area contributed by atoms with Crippen molar-refractivity contribution in [2.45, 2.75) is 23.8 Å². The summed E-state index contributed by atoms with van der Waals surface area (Å²) in [6.45, 7) is 0. The molecule has 5 atom stereocenters. The fourth-order valence-electron chi connectivity index (χ4n) is 3.32. The molecule has 3 N–H and O–H groups in total. The molecule has 0 aromatic rings. The van der Waals surface area contributed by atoms with Gasteiger partial charge in [0, 0.05) is 10.4 Å². The van der Waals surface area contributed by atoms with Crippen LogP contribution < -0.4 is 5.32 Å². The third kappa shape index (κ3) is 3.30. The first-order valence-corrected chi connectivity index (χ1v) is 9.63. The van der Waals surface area contributed by atoms with Gasteiger partial charge in [-0.15, -0.1) is 0 Å². The van der Waals surface area contributed by atoms with Gasteiger partial charge in [0.25, 0.3) is 0 Å². The van der Waals surface area contributed by atoms with E-state index in [9.17, 15) is 24.3 Å². The molecule has 11 heteroatoms. The average molecular weight is 461 g/mol. The topological polar surface area (TPSA) is 124 Å². The third-order valence-corrected chi connectivity index (χ3v) is 6.61. The van der Waals surface area contributed by atoms with E-state index in [1.54, 1.807) is 6.08 Å². The van der Waals surface area contributed by atoms with Crippen molar-refractivity contribution in [1.29, 1.82) is 0 Å². The number of hydrogen-bond donors (Lipinski definition) is 3. The van der Waals surface area contributed by atoms with Gasteiger partial charge in [0.2, 0.25) is 11.8 Å². The van der Waals surface area contributed by atoms with Crippen LogP contribution in [0.4, 0.5) is 0 Å². The Labute approximate surface area is 165 Å². The molecular formula is C15H13BrN2O6S2. The van der Waals surface area contributed by atoms with Gasteiger partial charge in [-0.25, -0.2) is 4.79 Å². The summed E-state index contributed by atoms with van der Waals surface area (Å²) in [6.07, 6.45) is 4.68. The number of thioether (sulfide) groups is 1. The lowest BCUT2D eigenvalue weighted by molar-refractivity contribution is -0.151. The molecule has 2 saturated heterocycles. The smallest absolute Gasteiger partial charge is 0.327 e. The zero-order valence-corrected chi connectivity index (χ0v) is 16.2. The van der Waals surface area contributed by atoms with Gasteiger partial charge in [0.15, 0.2) is 0 Å². The fourth-order valence-corrected chi connectivity index (χ4v) is 5.52. The predicted molar refractivity (Wildman–Crippen MR) is 99.6 cm³/mol. The van der Waals surface area contributed by atoms with E-state index in [1.807, 2.05) is 12.2 Å². The summed E-state index contributed by atoms with van der Waals surface area (Å²) >= 11 is 9.42. The highest BCUT2D eigenvalue weighted by molar-refractivity contribution is 9.11. The minimum absolute atomic E-state index is 0.0284. The number of rotatable bonds is 5. The minimum atomic E-state index is -1.60. The van der Waals surface area contributed by atoms with Crippen molar-refractivity contribution in [3.63, 3.8) is 0 Å². The molecule has 2 aliphatic heterocycles. The van der Waals surface area contributed by atoms with E-state index in [4.69, 9.17) is 17.3 Å². The van der Waals surface area contributed by atoms with Crippen LogP contribution in [0, 0.1) is 11.8 Å². The molecule has 1 aliphatic carbocycles. The number of amides is 2. The Hall–Kier alpha value is -1.72. The van der Waals surface area contributed by atoms with Crippen molar-refractivity contribution in [2.75, 3.05) is 0 Å². The molecular weight excluding hydrogens is 448 g/mol. The number of carbonyl (C=O) groups is 4. The Balaban J connectivity index is 1.89. The summed E-state index contributed by atoms with van der Waals surface area (Å²) in [5.41, 5.74) is 0. The number of carboxylic acid groups (broad SMARTS) is 2. The van der Waals surface area contributed by atoms with Crippen LogP contribution in [-0.4, -0.2) is 60.5 Å². The zero-order chi connectivity index (χ0) is 19.2. The second-order valence-corrected chi connectivity index (χ2v) is 8.70. The molecule has 2 amide bonds. The van der Waals surface area contributed by atoms with Crippen molar-refractivity contribution >= 4 is 68.0 Å². The molecule has 0 bridgehead atoms. The second-order valence-electron chi connectivity index (χ2n) is 6.01. The maximum atomic E-state index is 12.9. The molecule has 2 fully saturated rings. The van der Waals surface area contributed by atoms with Gasteiger partial charge in [-0.2, -0.15) is 0 Å². The van der Waals surface area contributed by atoms with E-state index in [1.165, 1.54) is 0 Å². The highest BCUT2D eigenvalue weighted by atomic mass is 79.9. The van der Waals surface area contributed by atoms with Gasteiger partial charge >= 0.3 is 11.9 Å². The third-order valence-electron chi connectivity index (χ3n) is 4.45. The number of nitrogens with one attached hydrogen (secondary N) is 1.